The Labute approximate surface area is 123 Å². The van der Waals surface area contributed by atoms with E-state index in [4.69, 9.17) is 4.74 Å². The van der Waals surface area contributed by atoms with Crippen LogP contribution in [0.4, 0.5) is 5.69 Å². The zero-order valence-corrected chi connectivity index (χ0v) is 13.1. The Morgan fingerprint density at radius 3 is 2.60 bits per heavy atom. The van der Waals surface area contributed by atoms with Crippen molar-refractivity contribution in [2.75, 3.05) is 32.1 Å². The second kappa shape index (κ2) is 7.65. The molecule has 0 atom stereocenters. The smallest absolute Gasteiger partial charge is 0.0503 e. The van der Waals surface area contributed by atoms with Gasteiger partial charge in [0, 0.05) is 38.0 Å². The maximum absolute atomic E-state index is 5.20. The molecule has 3 nitrogen and oxygen atoms in total. The molecule has 3 heteroatoms. The second-order valence-corrected chi connectivity index (χ2v) is 5.95. The second-order valence-electron chi connectivity index (χ2n) is 5.95. The van der Waals surface area contributed by atoms with Crippen molar-refractivity contribution in [2.24, 2.45) is 0 Å². The van der Waals surface area contributed by atoms with E-state index in [9.17, 15) is 0 Å². The molecular formula is C17H28N2O. The summed E-state index contributed by atoms with van der Waals surface area (Å²) in [6, 6.07) is 9.89. The average molecular weight is 276 g/mol. The first kappa shape index (κ1) is 15.3. The molecular weight excluding hydrogens is 248 g/mol. The van der Waals surface area contributed by atoms with E-state index in [-0.39, 0.29) is 0 Å². The van der Waals surface area contributed by atoms with Crippen LogP contribution in [0.25, 0.3) is 0 Å². The van der Waals surface area contributed by atoms with Crippen molar-refractivity contribution in [1.29, 1.82) is 0 Å². The maximum atomic E-state index is 5.20. The number of methoxy groups -OCH3 is 1. The number of benzene rings is 1. The van der Waals surface area contributed by atoms with Crippen LogP contribution in [0, 0.1) is 0 Å². The minimum absolute atomic E-state index is 0.605. The largest absolute Gasteiger partial charge is 0.384 e. The number of rotatable bonds is 6. The molecule has 0 amide bonds. The molecule has 1 aromatic carbocycles. The zero-order valence-electron chi connectivity index (χ0n) is 13.1. The molecule has 1 aromatic rings. The van der Waals surface area contributed by atoms with Crippen molar-refractivity contribution in [3.05, 3.63) is 29.8 Å². The lowest BCUT2D eigenvalue weighted by Crippen LogP contribution is -2.42. The summed E-state index contributed by atoms with van der Waals surface area (Å²) in [7, 11) is 1.76. The summed E-state index contributed by atoms with van der Waals surface area (Å²) < 4.78 is 5.20. The van der Waals surface area contributed by atoms with Crippen molar-refractivity contribution < 1.29 is 4.74 Å². The third kappa shape index (κ3) is 4.22. The molecule has 1 heterocycles. The van der Waals surface area contributed by atoms with Gasteiger partial charge in [-0.3, -0.25) is 0 Å². The van der Waals surface area contributed by atoms with Crippen molar-refractivity contribution in [3.8, 4) is 0 Å². The third-order valence-electron chi connectivity index (χ3n) is 4.21. The lowest BCUT2D eigenvalue weighted by Gasteiger charge is -2.35. The molecule has 1 N–H and O–H groups in total. The number of likely N-dealkylation sites (tertiary alicyclic amines) is 1. The number of anilines is 1. The highest BCUT2D eigenvalue weighted by Gasteiger charge is 2.20. The van der Waals surface area contributed by atoms with Gasteiger partial charge in [-0.2, -0.15) is 0 Å². The number of ether oxygens (including phenoxy) is 1. The van der Waals surface area contributed by atoms with Crippen LogP contribution in [-0.2, 0) is 11.2 Å². The van der Waals surface area contributed by atoms with Crippen molar-refractivity contribution in [2.45, 2.75) is 45.2 Å². The van der Waals surface area contributed by atoms with E-state index in [1.807, 2.05) is 0 Å². The molecule has 0 aliphatic carbocycles. The molecule has 1 aliphatic heterocycles. The van der Waals surface area contributed by atoms with Crippen LogP contribution >= 0.6 is 0 Å². The molecule has 0 radical (unpaired) electrons. The molecule has 0 spiro atoms. The van der Waals surface area contributed by atoms with E-state index in [1.54, 1.807) is 7.11 Å². The van der Waals surface area contributed by atoms with Gasteiger partial charge in [0.05, 0.1) is 6.61 Å². The normalized spacial score (nSPS) is 17.6. The predicted molar refractivity (Wildman–Crippen MR) is 85.4 cm³/mol. The highest BCUT2D eigenvalue weighted by molar-refractivity contribution is 5.52. The van der Waals surface area contributed by atoms with E-state index in [0.717, 1.165) is 13.0 Å². The molecule has 0 bridgehead atoms. The number of piperidine rings is 1. The van der Waals surface area contributed by atoms with E-state index >= 15 is 0 Å². The lowest BCUT2D eigenvalue weighted by atomic mass is 10.0. The van der Waals surface area contributed by atoms with Crippen LogP contribution in [0.5, 0.6) is 0 Å². The van der Waals surface area contributed by atoms with Crippen molar-refractivity contribution in [1.82, 2.24) is 4.90 Å². The molecule has 2 rings (SSSR count). The van der Waals surface area contributed by atoms with Gasteiger partial charge >= 0.3 is 0 Å². The fourth-order valence-electron chi connectivity index (χ4n) is 2.87. The van der Waals surface area contributed by atoms with Gasteiger partial charge in [0.15, 0.2) is 0 Å². The van der Waals surface area contributed by atoms with Crippen LogP contribution < -0.4 is 5.32 Å². The topological polar surface area (TPSA) is 24.5 Å². The Morgan fingerprint density at radius 1 is 1.25 bits per heavy atom. The Bertz CT molecular complexity index is 398. The summed E-state index contributed by atoms with van der Waals surface area (Å²) in [5.41, 5.74) is 2.65. The van der Waals surface area contributed by atoms with Gasteiger partial charge in [-0.25, -0.2) is 0 Å². The number of hydrogen-bond donors (Lipinski definition) is 1. The third-order valence-corrected chi connectivity index (χ3v) is 4.21. The minimum atomic E-state index is 0.605. The van der Waals surface area contributed by atoms with Gasteiger partial charge < -0.3 is 15.0 Å². The molecule has 20 heavy (non-hydrogen) atoms. The van der Waals surface area contributed by atoms with Gasteiger partial charge in [-0.15, -0.1) is 0 Å². The van der Waals surface area contributed by atoms with E-state index in [2.05, 4.69) is 48.3 Å². The summed E-state index contributed by atoms with van der Waals surface area (Å²) in [6.07, 6.45) is 3.44. The van der Waals surface area contributed by atoms with E-state index < -0.39 is 0 Å². The summed E-state index contributed by atoms with van der Waals surface area (Å²) in [5, 5.41) is 3.74. The fourth-order valence-corrected chi connectivity index (χ4v) is 2.87. The predicted octanol–water partition coefficient (Wildman–Crippen LogP) is 3.16. The van der Waals surface area contributed by atoms with Gasteiger partial charge in [0.1, 0.15) is 0 Å². The highest BCUT2D eigenvalue weighted by Crippen LogP contribution is 2.21. The zero-order chi connectivity index (χ0) is 14.4. The van der Waals surface area contributed by atoms with Gasteiger partial charge in [-0.05, 0) is 44.7 Å². The Morgan fingerprint density at radius 2 is 1.95 bits per heavy atom. The fraction of sp³-hybridized carbons (Fsp3) is 0.647. The number of hydrogen-bond acceptors (Lipinski definition) is 3. The Balaban J connectivity index is 1.90. The first-order valence-corrected chi connectivity index (χ1v) is 7.78. The summed E-state index contributed by atoms with van der Waals surface area (Å²) in [4.78, 5) is 2.56. The summed E-state index contributed by atoms with van der Waals surface area (Å²) in [5.74, 6) is 0. The molecule has 0 unspecified atom stereocenters. The molecule has 0 aromatic heterocycles. The number of nitrogens with zero attached hydrogens (tertiary/aromatic N) is 1. The van der Waals surface area contributed by atoms with Crippen molar-refractivity contribution in [3.63, 3.8) is 0 Å². The molecule has 1 aliphatic rings. The van der Waals surface area contributed by atoms with Crippen LogP contribution in [0.1, 0.15) is 32.3 Å². The molecule has 0 saturated carbocycles. The maximum Gasteiger partial charge on any atom is 0.0503 e. The van der Waals surface area contributed by atoms with Crippen LogP contribution in [0.15, 0.2) is 24.3 Å². The van der Waals surface area contributed by atoms with Crippen LogP contribution in [0.2, 0.25) is 0 Å². The minimum Gasteiger partial charge on any atom is -0.384 e. The first-order valence-electron chi connectivity index (χ1n) is 7.78. The quantitative estimate of drug-likeness (QED) is 0.864. The summed E-state index contributed by atoms with van der Waals surface area (Å²) >= 11 is 0. The molecule has 112 valence electrons. The SMILES string of the molecule is COCCc1ccccc1NC1CCN(C(C)C)CC1. The van der Waals surface area contributed by atoms with Crippen LogP contribution in [0.3, 0.4) is 0 Å². The monoisotopic (exact) mass is 276 g/mol. The number of nitrogens with one attached hydrogen (secondary N) is 1. The standard InChI is InChI=1S/C17H28N2O/c1-14(2)19-11-8-16(9-12-19)18-17-7-5-4-6-15(17)10-13-20-3/h4-7,14,16,18H,8-13H2,1-3H3. The highest BCUT2D eigenvalue weighted by atomic mass is 16.5. The van der Waals surface area contributed by atoms with Gasteiger partial charge in [0.2, 0.25) is 0 Å². The lowest BCUT2D eigenvalue weighted by molar-refractivity contribution is 0.177. The molecule has 1 fully saturated rings. The Kier molecular flexibility index (Phi) is 5.86. The Hall–Kier alpha value is -1.06. The van der Waals surface area contributed by atoms with Gasteiger partial charge in [-0.1, -0.05) is 18.2 Å². The molecule has 1 saturated heterocycles. The van der Waals surface area contributed by atoms with Gasteiger partial charge in [0.25, 0.3) is 0 Å². The van der Waals surface area contributed by atoms with Crippen molar-refractivity contribution >= 4 is 5.69 Å². The first-order chi connectivity index (χ1) is 9.70. The number of para-hydroxylation sites is 1. The summed E-state index contributed by atoms with van der Waals surface area (Å²) in [6.45, 7) is 7.76. The van der Waals surface area contributed by atoms with E-state index in [0.29, 0.717) is 12.1 Å². The van der Waals surface area contributed by atoms with E-state index in [1.165, 1.54) is 37.2 Å². The van der Waals surface area contributed by atoms with Crippen LogP contribution in [-0.4, -0.2) is 43.8 Å². The average Bonchev–Trinajstić information content (AvgIpc) is 2.47.